The van der Waals surface area contributed by atoms with E-state index in [4.69, 9.17) is 4.74 Å². The summed E-state index contributed by atoms with van der Waals surface area (Å²) in [6.07, 6.45) is 4.67. The number of fused-ring (bicyclic) bond motifs is 1. The second kappa shape index (κ2) is 11.5. The Morgan fingerprint density at radius 1 is 1.29 bits per heavy atom. The molecule has 3 aromatic rings. The maximum absolute atomic E-state index is 15.4. The molecule has 1 aromatic heterocycles. The first-order valence-electron chi connectivity index (χ1n) is 12.2. The van der Waals surface area contributed by atoms with Gasteiger partial charge in [-0.15, -0.1) is 6.58 Å². The summed E-state index contributed by atoms with van der Waals surface area (Å²) in [6.45, 7) is 5.24. The van der Waals surface area contributed by atoms with E-state index in [1.807, 2.05) is 42.5 Å². The van der Waals surface area contributed by atoms with E-state index in [0.717, 1.165) is 30.3 Å². The number of aromatic nitrogens is 1. The zero-order valence-electron chi connectivity index (χ0n) is 20.1. The molecular formula is C29H33FN2O3. The normalized spacial score (nSPS) is 20.3. The Bertz CT molecular complexity index is 1150. The Morgan fingerprint density at radius 2 is 2.09 bits per heavy atom. The van der Waals surface area contributed by atoms with Gasteiger partial charge in [0.1, 0.15) is 11.9 Å². The number of methoxy groups -OCH3 is 1. The third kappa shape index (κ3) is 5.88. The predicted octanol–water partition coefficient (Wildman–Crippen LogP) is 5.85. The standard InChI is InChI=1S/C29H33FN2O3/c1-3-22(17-20-7-5-4-6-8-20)32-16-14-21(26(19-32)29(33)34)9-11-27(30)24-13-15-31-28-12-10-23(35-2)18-25(24)28/h3-8,10,12-13,15,18,21-22,26-27H,1,9,11,14,16-17,19H2,2H3,(H,33,34)/t21-,22?,26+,27?/m1/s1. The number of benzene rings is 2. The van der Waals surface area contributed by atoms with Gasteiger partial charge < -0.3 is 9.84 Å². The largest absolute Gasteiger partial charge is 0.497 e. The van der Waals surface area contributed by atoms with E-state index in [2.05, 4.69) is 28.6 Å². The van der Waals surface area contributed by atoms with Crippen LogP contribution in [0.4, 0.5) is 4.39 Å². The first kappa shape index (κ1) is 24.9. The number of carbonyl (C=O) groups is 1. The van der Waals surface area contributed by atoms with Crippen LogP contribution in [0.3, 0.4) is 0 Å². The van der Waals surface area contributed by atoms with Gasteiger partial charge in [-0.1, -0.05) is 36.4 Å². The van der Waals surface area contributed by atoms with Crippen molar-refractivity contribution in [2.75, 3.05) is 20.2 Å². The molecule has 2 heterocycles. The van der Waals surface area contributed by atoms with E-state index < -0.39 is 18.1 Å². The van der Waals surface area contributed by atoms with E-state index in [1.165, 1.54) is 5.56 Å². The Hall–Kier alpha value is -3.25. The van der Waals surface area contributed by atoms with Gasteiger partial charge in [-0.25, -0.2) is 4.39 Å². The second-order valence-electron chi connectivity index (χ2n) is 9.31. The van der Waals surface area contributed by atoms with Crippen LogP contribution in [0, 0.1) is 11.8 Å². The number of piperidine rings is 1. The number of hydrogen-bond acceptors (Lipinski definition) is 4. The van der Waals surface area contributed by atoms with Crippen molar-refractivity contribution in [2.24, 2.45) is 11.8 Å². The van der Waals surface area contributed by atoms with E-state index in [1.54, 1.807) is 19.4 Å². The van der Waals surface area contributed by atoms with Crippen molar-refractivity contribution in [3.63, 3.8) is 0 Å². The molecule has 1 N–H and O–H groups in total. The lowest BCUT2D eigenvalue weighted by Crippen LogP contribution is -2.48. The van der Waals surface area contributed by atoms with Crippen molar-refractivity contribution in [2.45, 2.75) is 37.9 Å². The molecule has 2 aromatic carbocycles. The number of alkyl halides is 1. The molecule has 0 radical (unpaired) electrons. The van der Waals surface area contributed by atoms with Gasteiger partial charge in [0.05, 0.1) is 18.5 Å². The van der Waals surface area contributed by atoms with Crippen LogP contribution < -0.4 is 4.74 Å². The van der Waals surface area contributed by atoms with Crippen molar-refractivity contribution >= 4 is 16.9 Å². The number of halogens is 1. The van der Waals surface area contributed by atoms with Crippen molar-refractivity contribution in [3.8, 4) is 5.75 Å². The SMILES string of the molecule is C=CC(Cc1ccccc1)N1CC[C@@H](CCC(F)c2ccnc3ccc(OC)cc23)[C@@H](C(=O)O)C1. The quantitative estimate of drug-likeness (QED) is 0.372. The molecule has 0 aliphatic carbocycles. The van der Waals surface area contributed by atoms with Gasteiger partial charge in [-0.3, -0.25) is 14.7 Å². The molecule has 1 aliphatic rings. The molecular weight excluding hydrogens is 443 g/mol. The number of nitrogens with zero attached hydrogens (tertiary/aromatic N) is 2. The van der Waals surface area contributed by atoms with Gasteiger partial charge in [0, 0.05) is 24.2 Å². The molecule has 5 nitrogen and oxygen atoms in total. The lowest BCUT2D eigenvalue weighted by atomic mass is 9.80. The van der Waals surface area contributed by atoms with Crippen LogP contribution in [0.1, 0.15) is 36.6 Å². The summed E-state index contributed by atoms with van der Waals surface area (Å²) in [5, 5.41) is 10.7. The van der Waals surface area contributed by atoms with Crippen molar-refractivity contribution in [1.29, 1.82) is 0 Å². The van der Waals surface area contributed by atoms with E-state index in [0.29, 0.717) is 24.3 Å². The highest BCUT2D eigenvalue weighted by molar-refractivity contribution is 5.83. The van der Waals surface area contributed by atoms with Crippen LogP contribution in [0.15, 0.2) is 73.4 Å². The fourth-order valence-electron chi connectivity index (χ4n) is 5.23. The number of rotatable bonds is 10. The minimum atomic E-state index is -1.20. The highest BCUT2D eigenvalue weighted by Gasteiger charge is 2.36. The van der Waals surface area contributed by atoms with Gasteiger partial charge in [-0.2, -0.15) is 0 Å². The Morgan fingerprint density at radius 3 is 2.80 bits per heavy atom. The number of hydrogen-bond donors (Lipinski definition) is 1. The summed E-state index contributed by atoms with van der Waals surface area (Å²) in [6, 6.07) is 17.4. The van der Waals surface area contributed by atoms with Crippen LogP contribution in [-0.4, -0.2) is 47.2 Å². The molecule has 0 amide bonds. The minimum absolute atomic E-state index is 0.0631. The molecule has 0 bridgehead atoms. The summed E-state index contributed by atoms with van der Waals surface area (Å²) in [5.41, 5.74) is 2.50. The Kier molecular flexibility index (Phi) is 8.13. The summed E-state index contributed by atoms with van der Waals surface area (Å²) < 4.78 is 20.7. The average Bonchev–Trinajstić information content (AvgIpc) is 2.90. The Balaban J connectivity index is 1.42. The van der Waals surface area contributed by atoms with E-state index >= 15 is 4.39 Å². The zero-order chi connectivity index (χ0) is 24.8. The van der Waals surface area contributed by atoms with E-state index in [-0.39, 0.29) is 18.4 Å². The number of carboxylic acid groups (broad SMARTS) is 1. The lowest BCUT2D eigenvalue weighted by Gasteiger charge is -2.40. The highest BCUT2D eigenvalue weighted by Crippen LogP contribution is 2.36. The molecule has 6 heteroatoms. The lowest BCUT2D eigenvalue weighted by molar-refractivity contribution is -0.146. The topological polar surface area (TPSA) is 62.7 Å². The van der Waals surface area contributed by atoms with Crippen LogP contribution in [-0.2, 0) is 11.2 Å². The molecule has 4 atom stereocenters. The molecule has 35 heavy (non-hydrogen) atoms. The first-order valence-corrected chi connectivity index (χ1v) is 12.2. The van der Waals surface area contributed by atoms with Gasteiger partial charge in [0.25, 0.3) is 0 Å². The maximum Gasteiger partial charge on any atom is 0.308 e. The van der Waals surface area contributed by atoms with Crippen LogP contribution in [0.5, 0.6) is 5.75 Å². The molecule has 2 unspecified atom stereocenters. The number of ether oxygens (including phenoxy) is 1. The summed E-state index contributed by atoms with van der Waals surface area (Å²) in [5.74, 6) is -0.739. The molecule has 1 saturated heterocycles. The molecule has 1 fully saturated rings. The van der Waals surface area contributed by atoms with Gasteiger partial charge in [0.2, 0.25) is 0 Å². The molecule has 0 saturated carbocycles. The van der Waals surface area contributed by atoms with Crippen LogP contribution >= 0.6 is 0 Å². The van der Waals surface area contributed by atoms with Gasteiger partial charge in [0.15, 0.2) is 0 Å². The molecule has 184 valence electrons. The van der Waals surface area contributed by atoms with Crippen LogP contribution in [0.2, 0.25) is 0 Å². The fraction of sp³-hybridized carbons (Fsp3) is 0.379. The minimum Gasteiger partial charge on any atom is -0.497 e. The van der Waals surface area contributed by atoms with Gasteiger partial charge >= 0.3 is 5.97 Å². The summed E-state index contributed by atoms with van der Waals surface area (Å²) in [7, 11) is 1.58. The van der Waals surface area contributed by atoms with Crippen molar-refractivity contribution < 1.29 is 19.0 Å². The third-order valence-electron chi connectivity index (χ3n) is 7.24. The first-order chi connectivity index (χ1) is 17.0. The molecule has 1 aliphatic heterocycles. The number of pyridine rings is 1. The predicted molar refractivity (Wildman–Crippen MR) is 136 cm³/mol. The summed E-state index contributed by atoms with van der Waals surface area (Å²) in [4.78, 5) is 18.7. The molecule has 0 spiro atoms. The van der Waals surface area contributed by atoms with Crippen LogP contribution in [0.25, 0.3) is 10.9 Å². The monoisotopic (exact) mass is 476 g/mol. The Labute approximate surface area is 206 Å². The average molecular weight is 477 g/mol. The third-order valence-corrected chi connectivity index (χ3v) is 7.24. The smallest absolute Gasteiger partial charge is 0.308 e. The van der Waals surface area contributed by atoms with Crippen molar-refractivity contribution in [1.82, 2.24) is 9.88 Å². The number of aliphatic carboxylic acids is 1. The highest BCUT2D eigenvalue weighted by atomic mass is 19.1. The second-order valence-corrected chi connectivity index (χ2v) is 9.31. The van der Waals surface area contributed by atoms with E-state index in [9.17, 15) is 9.90 Å². The maximum atomic E-state index is 15.4. The number of carboxylic acids is 1. The summed E-state index contributed by atoms with van der Waals surface area (Å²) >= 11 is 0. The zero-order valence-corrected chi connectivity index (χ0v) is 20.1. The number of likely N-dealkylation sites (tertiary alicyclic amines) is 1. The molecule has 4 rings (SSSR count). The fourth-order valence-corrected chi connectivity index (χ4v) is 5.23. The van der Waals surface area contributed by atoms with Gasteiger partial charge in [-0.05, 0) is 73.5 Å². The van der Waals surface area contributed by atoms with Crippen molar-refractivity contribution in [3.05, 3.63) is 84.6 Å².